The van der Waals surface area contributed by atoms with E-state index in [-0.39, 0.29) is 11.9 Å². The Morgan fingerprint density at radius 1 is 1.23 bits per heavy atom. The maximum Gasteiger partial charge on any atom is 0.337 e. The lowest BCUT2D eigenvalue weighted by molar-refractivity contribution is 0.0600. The zero-order chi connectivity index (χ0) is 15.5. The summed E-state index contributed by atoms with van der Waals surface area (Å²) in [5, 5.41) is 7.26. The van der Waals surface area contributed by atoms with Crippen LogP contribution in [0.15, 0.2) is 36.5 Å². The number of ether oxygens (including phenoxy) is 1. The van der Waals surface area contributed by atoms with Crippen LogP contribution >= 0.6 is 0 Å². The van der Waals surface area contributed by atoms with E-state index in [4.69, 9.17) is 0 Å². The first-order chi connectivity index (χ1) is 10.7. The molecule has 1 aromatic carbocycles. The van der Waals surface area contributed by atoms with Crippen molar-refractivity contribution in [2.24, 2.45) is 0 Å². The van der Waals surface area contributed by atoms with Gasteiger partial charge < -0.3 is 10.1 Å². The number of carbonyl (C=O) groups excluding carboxylic acids is 2. The van der Waals surface area contributed by atoms with Gasteiger partial charge in [0.05, 0.1) is 12.7 Å². The van der Waals surface area contributed by atoms with Crippen LogP contribution < -0.4 is 5.32 Å². The fourth-order valence-electron chi connectivity index (χ4n) is 2.63. The molecule has 0 radical (unpaired) electrons. The first-order valence-electron chi connectivity index (χ1n) is 7.17. The van der Waals surface area contributed by atoms with E-state index in [1.807, 2.05) is 10.7 Å². The van der Waals surface area contributed by atoms with Gasteiger partial charge in [0.25, 0.3) is 5.91 Å². The molecular formula is C16H17N3O3. The van der Waals surface area contributed by atoms with E-state index in [1.54, 1.807) is 30.5 Å². The molecule has 1 aliphatic heterocycles. The molecule has 1 aliphatic rings. The highest BCUT2D eigenvalue weighted by atomic mass is 16.5. The van der Waals surface area contributed by atoms with Gasteiger partial charge in [0, 0.05) is 36.5 Å². The summed E-state index contributed by atoms with van der Waals surface area (Å²) >= 11 is 0. The minimum absolute atomic E-state index is 0.108. The molecule has 6 nitrogen and oxygen atoms in total. The molecule has 22 heavy (non-hydrogen) atoms. The minimum Gasteiger partial charge on any atom is -0.465 e. The van der Waals surface area contributed by atoms with Crippen LogP contribution in [-0.4, -0.2) is 34.8 Å². The van der Waals surface area contributed by atoms with Crippen molar-refractivity contribution in [3.63, 3.8) is 0 Å². The molecule has 0 aliphatic carbocycles. The zero-order valence-electron chi connectivity index (χ0n) is 12.3. The molecular weight excluding hydrogens is 282 g/mol. The minimum atomic E-state index is -0.410. The standard InChI is InChI=1S/C16H17N3O3/c1-22-16(21)12-4-2-11(3-5-12)15(20)18-13-7-9-19-14(10-13)6-8-17-19/h2-6,8,13H,7,9-10H2,1H3,(H,18,20). The molecule has 0 saturated heterocycles. The van der Waals surface area contributed by atoms with Crippen molar-refractivity contribution in [3.8, 4) is 0 Å². The quantitative estimate of drug-likeness (QED) is 0.870. The van der Waals surface area contributed by atoms with Crippen molar-refractivity contribution in [3.05, 3.63) is 53.3 Å². The number of esters is 1. The molecule has 2 heterocycles. The summed E-state index contributed by atoms with van der Waals surface area (Å²) < 4.78 is 6.60. The van der Waals surface area contributed by atoms with Crippen LogP contribution in [0.25, 0.3) is 0 Å². The monoisotopic (exact) mass is 299 g/mol. The fraction of sp³-hybridized carbons (Fsp3) is 0.312. The molecule has 1 amide bonds. The third kappa shape index (κ3) is 2.86. The van der Waals surface area contributed by atoms with Crippen molar-refractivity contribution in [1.29, 1.82) is 0 Å². The highest BCUT2D eigenvalue weighted by Crippen LogP contribution is 2.14. The molecule has 1 atom stereocenters. The van der Waals surface area contributed by atoms with E-state index in [0.29, 0.717) is 11.1 Å². The van der Waals surface area contributed by atoms with Crippen LogP contribution in [0.2, 0.25) is 0 Å². The summed E-state index contributed by atoms with van der Waals surface area (Å²) in [6.45, 7) is 0.814. The predicted octanol–water partition coefficient (Wildman–Crippen LogP) is 1.41. The van der Waals surface area contributed by atoms with Gasteiger partial charge >= 0.3 is 5.97 Å². The molecule has 3 rings (SSSR count). The summed E-state index contributed by atoms with van der Waals surface area (Å²) in [6, 6.07) is 8.54. The number of nitrogens with one attached hydrogen (secondary N) is 1. The first-order valence-corrected chi connectivity index (χ1v) is 7.17. The van der Waals surface area contributed by atoms with Crippen molar-refractivity contribution >= 4 is 11.9 Å². The lowest BCUT2D eigenvalue weighted by Gasteiger charge is -2.24. The second-order valence-corrected chi connectivity index (χ2v) is 5.28. The van der Waals surface area contributed by atoms with Crippen LogP contribution in [0.4, 0.5) is 0 Å². The van der Waals surface area contributed by atoms with E-state index in [0.717, 1.165) is 25.1 Å². The Morgan fingerprint density at radius 3 is 2.68 bits per heavy atom. The van der Waals surface area contributed by atoms with Crippen LogP contribution in [0.5, 0.6) is 0 Å². The number of nitrogens with zero attached hydrogens (tertiary/aromatic N) is 2. The van der Waals surface area contributed by atoms with Gasteiger partial charge in [-0.2, -0.15) is 5.10 Å². The number of hydrogen-bond acceptors (Lipinski definition) is 4. The summed E-state index contributed by atoms with van der Waals surface area (Å²) in [5.74, 6) is -0.540. The highest BCUT2D eigenvalue weighted by molar-refractivity contribution is 5.96. The highest BCUT2D eigenvalue weighted by Gasteiger charge is 2.21. The van der Waals surface area contributed by atoms with Gasteiger partial charge in [-0.3, -0.25) is 9.48 Å². The van der Waals surface area contributed by atoms with E-state index in [2.05, 4.69) is 15.2 Å². The molecule has 0 bridgehead atoms. The smallest absolute Gasteiger partial charge is 0.337 e. The second-order valence-electron chi connectivity index (χ2n) is 5.28. The molecule has 2 aromatic rings. The average Bonchev–Trinajstić information content (AvgIpc) is 3.02. The topological polar surface area (TPSA) is 73.2 Å². The summed E-state index contributed by atoms with van der Waals surface area (Å²) in [6.07, 6.45) is 3.43. The largest absolute Gasteiger partial charge is 0.465 e. The molecule has 0 spiro atoms. The Hall–Kier alpha value is -2.63. The fourth-order valence-corrected chi connectivity index (χ4v) is 2.63. The molecule has 6 heteroatoms. The molecule has 1 N–H and O–H groups in total. The summed E-state index contributed by atoms with van der Waals surface area (Å²) in [7, 11) is 1.33. The SMILES string of the molecule is COC(=O)c1ccc(C(=O)NC2CCn3nccc3C2)cc1. The Labute approximate surface area is 128 Å². The molecule has 1 unspecified atom stereocenters. The third-order valence-corrected chi connectivity index (χ3v) is 3.85. The van der Waals surface area contributed by atoms with Crippen LogP contribution in [0.3, 0.4) is 0 Å². The van der Waals surface area contributed by atoms with Crippen LogP contribution in [0.1, 0.15) is 32.8 Å². The Morgan fingerprint density at radius 2 is 1.95 bits per heavy atom. The maximum absolute atomic E-state index is 12.3. The summed E-state index contributed by atoms with van der Waals surface area (Å²) in [4.78, 5) is 23.6. The second kappa shape index (κ2) is 6.01. The Bertz CT molecular complexity index is 691. The number of benzene rings is 1. The lowest BCUT2D eigenvalue weighted by atomic mass is 10.0. The van der Waals surface area contributed by atoms with Gasteiger partial charge in [0.15, 0.2) is 0 Å². The van der Waals surface area contributed by atoms with Gasteiger partial charge in [-0.15, -0.1) is 0 Å². The van der Waals surface area contributed by atoms with Gasteiger partial charge in [-0.05, 0) is 36.8 Å². The van der Waals surface area contributed by atoms with Gasteiger partial charge in [-0.25, -0.2) is 4.79 Å². The number of amides is 1. The zero-order valence-corrected chi connectivity index (χ0v) is 12.3. The van der Waals surface area contributed by atoms with E-state index >= 15 is 0 Å². The van der Waals surface area contributed by atoms with Crippen molar-refractivity contribution < 1.29 is 14.3 Å². The number of fused-ring (bicyclic) bond motifs is 1. The number of aromatic nitrogens is 2. The van der Waals surface area contributed by atoms with Crippen LogP contribution in [0, 0.1) is 0 Å². The number of methoxy groups -OCH3 is 1. The number of carbonyl (C=O) groups is 2. The molecule has 114 valence electrons. The van der Waals surface area contributed by atoms with E-state index in [9.17, 15) is 9.59 Å². The van der Waals surface area contributed by atoms with Gasteiger partial charge in [0.1, 0.15) is 0 Å². The predicted molar refractivity (Wildman–Crippen MR) is 79.6 cm³/mol. The third-order valence-electron chi connectivity index (χ3n) is 3.85. The van der Waals surface area contributed by atoms with Crippen molar-refractivity contribution in [2.45, 2.75) is 25.4 Å². The van der Waals surface area contributed by atoms with Crippen molar-refractivity contribution in [2.75, 3.05) is 7.11 Å². The normalized spacial score (nSPS) is 16.7. The number of rotatable bonds is 3. The summed E-state index contributed by atoms with van der Waals surface area (Å²) in [5.41, 5.74) is 2.10. The Kier molecular flexibility index (Phi) is 3.91. The lowest BCUT2D eigenvalue weighted by Crippen LogP contribution is -2.40. The molecule has 0 fully saturated rings. The van der Waals surface area contributed by atoms with Gasteiger partial charge in [0.2, 0.25) is 0 Å². The Balaban J connectivity index is 1.64. The maximum atomic E-state index is 12.3. The number of hydrogen-bond donors (Lipinski definition) is 1. The molecule has 1 aromatic heterocycles. The van der Waals surface area contributed by atoms with E-state index < -0.39 is 5.97 Å². The molecule has 0 saturated carbocycles. The van der Waals surface area contributed by atoms with E-state index in [1.165, 1.54) is 7.11 Å². The van der Waals surface area contributed by atoms with Crippen LogP contribution in [-0.2, 0) is 17.7 Å². The van der Waals surface area contributed by atoms with Gasteiger partial charge in [-0.1, -0.05) is 0 Å². The number of aryl methyl sites for hydroxylation is 1. The first kappa shape index (κ1) is 14.3. The average molecular weight is 299 g/mol. The van der Waals surface area contributed by atoms with Crippen molar-refractivity contribution in [1.82, 2.24) is 15.1 Å².